The van der Waals surface area contributed by atoms with Crippen LogP contribution in [0, 0.1) is 0 Å². The Balaban J connectivity index is 1.52. The van der Waals surface area contributed by atoms with Crippen molar-refractivity contribution in [2.45, 2.75) is 11.0 Å². The zero-order valence-electron chi connectivity index (χ0n) is 14.4. The van der Waals surface area contributed by atoms with Gasteiger partial charge >= 0.3 is 0 Å². The molecule has 0 aromatic heterocycles. The highest BCUT2D eigenvalue weighted by Crippen LogP contribution is 2.24. The van der Waals surface area contributed by atoms with E-state index < -0.39 is 16.1 Å². The standard InChI is InChI=1S/C21H18N2O3S/c24-19(17-12-10-16(11-13-17)15-6-2-1-3-7-15)14-22-21-18-8-4-5-9-20(18)27(25,26)23-21/h1-13,19,24H,14H2,(H,22,23). The second-order valence-corrected chi connectivity index (χ2v) is 7.95. The molecule has 1 unspecified atom stereocenters. The normalized spacial score (nSPS) is 17.3. The van der Waals surface area contributed by atoms with E-state index >= 15 is 0 Å². The molecule has 4 rings (SSSR count). The Labute approximate surface area is 158 Å². The van der Waals surface area contributed by atoms with E-state index in [0.717, 1.165) is 16.7 Å². The Kier molecular flexibility index (Phi) is 4.51. The van der Waals surface area contributed by atoms with E-state index in [1.807, 2.05) is 54.6 Å². The van der Waals surface area contributed by atoms with E-state index in [-0.39, 0.29) is 17.3 Å². The number of rotatable bonds is 4. The van der Waals surface area contributed by atoms with Crippen LogP contribution in [-0.4, -0.2) is 25.9 Å². The molecule has 0 aliphatic carbocycles. The van der Waals surface area contributed by atoms with Gasteiger partial charge in [0.25, 0.3) is 10.0 Å². The first-order chi connectivity index (χ1) is 13.0. The third-order valence-corrected chi connectivity index (χ3v) is 5.88. The van der Waals surface area contributed by atoms with Crippen LogP contribution < -0.4 is 4.72 Å². The third-order valence-electron chi connectivity index (χ3n) is 4.49. The zero-order chi connectivity index (χ0) is 18.9. The summed E-state index contributed by atoms with van der Waals surface area (Å²) in [5.74, 6) is 0.269. The van der Waals surface area contributed by atoms with Gasteiger partial charge in [0, 0.05) is 5.56 Å². The highest BCUT2D eigenvalue weighted by molar-refractivity contribution is 7.90. The molecule has 0 spiro atoms. The van der Waals surface area contributed by atoms with E-state index in [0.29, 0.717) is 5.56 Å². The molecule has 5 nitrogen and oxygen atoms in total. The minimum absolute atomic E-state index is 0.0663. The quantitative estimate of drug-likeness (QED) is 0.732. The van der Waals surface area contributed by atoms with Crippen molar-refractivity contribution in [1.82, 2.24) is 4.72 Å². The SMILES string of the molecule is O=S1(=O)NC(=NCC(O)c2ccc(-c3ccccc3)cc2)c2ccccc21. The van der Waals surface area contributed by atoms with Crippen LogP contribution in [-0.2, 0) is 10.0 Å². The van der Waals surface area contributed by atoms with Crippen molar-refractivity contribution in [3.8, 4) is 11.1 Å². The molecule has 1 aliphatic heterocycles. The second-order valence-electron chi connectivity index (χ2n) is 6.29. The summed E-state index contributed by atoms with van der Waals surface area (Å²) in [6.45, 7) is 0.0663. The summed E-state index contributed by atoms with van der Waals surface area (Å²) in [6, 6.07) is 24.3. The van der Waals surface area contributed by atoms with Crippen LogP contribution in [0.5, 0.6) is 0 Å². The molecule has 136 valence electrons. The van der Waals surface area contributed by atoms with Gasteiger partial charge in [-0.1, -0.05) is 66.7 Å². The number of benzene rings is 3. The highest BCUT2D eigenvalue weighted by atomic mass is 32.2. The van der Waals surface area contributed by atoms with Crippen LogP contribution in [0.2, 0.25) is 0 Å². The van der Waals surface area contributed by atoms with Crippen LogP contribution in [0.25, 0.3) is 11.1 Å². The molecule has 27 heavy (non-hydrogen) atoms. The van der Waals surface area contributed by atoms with Gasteiger partial charge < -0.3 is 5.11 Å². The van der Waals surface area contributed by atoms with Gasteiger partial charge in [-0.15, -0.1) is 0 Å². The number of hydrogen-bond donors (Lipinski definition) is 2. The fourth-order valence-corrected chi connectivity index (χ4v) is 4.31. The Hall–Kier alpha value is -2.96. The van der Waals surface area contributed by atoms with E-state index in [2.05, 4.69) is 9.71 Å². The van der Waals surface area contributed by atoms with Crippen molar-refractivity contribution in [2.24, 2.45) is 4.99 Å². The average molecular weight is 378 g/mol. The maximum atomic E-state index is 12.1. The summed E-state index contributed by atoms with van der Waals surface area (Å²) in [7, 11) is -3.57. The van der Waals surface area contributed by atoms with Crippen molar-refractivity contribution in [3.63, 3.8) is 0 Å². The third kappa shape index (κ3) is 3.49. The fourth-order valence-electron chi connectivity index (χ4n) is 3.06. The molecule has 0 saturated carbocycles. The molecule has 6 heteroatoms. The number of sulfonamides is 1. The number of fused-ring (bicyclic) bond motifs is 1. The molecular formula is C21H18N2O3S. The Morgan fingerprint density at radius 1 is 0.852 bits per heavy atom. The molecular weight excluding hydrogens is 360 g/mol. The van der Waals surface area contributed by atoms with Crippen molar-refractivity contribution in [3.05, 3.63) is 90.0 Å². The predicted molar refractivity (Wildman–Crippen MR) is 105 cm³/mol. The van der Waals surface area contributed by atoms with Crippen molar-refractivity contribution in [1.29, 1.82) is 0 Å². The lowest BCUT2D eigenvalue weighted by molar-refractivity contribution is 0.187. The summed E-state index contributed by atoms with van der Waals surface area (Å²) >= 11 is 0. The molecule has 1 aliphatic rings. The first-order valence-electron chi connectivity index (χ1n) is 8.55. The van der Waals surface area contributed by atoms with Crippen molar-refractivity contribution >= 4 is 15.9 Å². The lowest BCUT2D eigenvalue weighted by Gasteiger charge is -2.10. The Morgan fingerprint density at radius 2 is 1.48 bits per heavy atom. The van der Waals surface area contributed by atoms with E-state index in [1.54, 1.807) is 24.3 Å². The number of aliphatic hydroxyl groups is 1. The first-order valence-corrected chi connectivity index (χ1v) is 10.0. The summed E-state index contributed by atoms with van der Waals surface area (Å²) < 4.78 is 26.6. The van der Waals surface area contributed by atoms with Crippen LogP contribution in [0.3, 0.4) is 0 Å². The number of aliphatic hydroxyl groups excluding tert-OH is 1. The smallest absolute Gasteiger partial charge is 0.263 e. The van der Waals surface area contributed by atoms with Crippen LogP contribution >= 0.6 is 0 Å². The number of amidine groups is 1. The van der Waals surface area contributed by atoms with Gasteiger partial charge in [0.05, 0.1) is 17.5 Å². The van der Waals surface area contributed by atoms with Crippen molar-refractivity contribution < 1.29 is 13.5 Å². The molecule has 3 aromatic carbocycles. The minimum Gasteiger partial charge on any atom is -0.386 e. The monoisotopic (exact) mass is 378 g/mol. The fraction of sp³-hybridized carbons (Fsp3) is 0.0952. The molecule has 0 fully saturated rings. The molecule has 0 radical (unpaired) electrons. The van der Waals surface area contributed by atoms with Crippen LogP contribution in [0.15, 0.2) is 88.8 Å². The lowest BCUT2D eigenvalue weighted by atomic mass is 10.0. The molecule has 1 heterocycles. The maximum absolute atomic E-state index is 12.1. The van der Waals surface area contributed by atoms with Gasteiger partial charge in [0.2, 0.25) is 0 Å². The van der Waals surface area contributed by atoms with Gasteiger partial charge in [-0.25, -0.2) is 8.42 Å². The molecule has 3 aromatic rings. The number of nitrogens with one attached hydrogen (secondary N) is 1. The first kappa shape index (κ1) is 17.5. The topological polar surface area (TPSA) is 78.8 Å². The van der Waals surface area contributed by atoms with Gasteiger partial charge in [-0.3, -0.25) is 9.71 Å². The van der Waals surface area contributed by atoms with Crippen LogP contribution in [0.1, 0.15) is 17.2 Å². The maximum Gasteiger partial charge on any atom is 0.263 e. The number of aliphatic imine (C=N–C) groups is 1. The second kappa shape index (κ2) is 6.98. The Morgan fingerprint density at radius 3 is 2.22 bits per heavy atom. The van der Waals surface area contributed by atoms with E-state index in [1.165, 1.54) is 0 Å². The summed E-state index contributed by atoms with van der Waals surface area (Å²) in [6.07, 6.45) is -0.820. The molecule has 1 atom stereocenters. The van der Waals surface area contributed by atoms with Crippen molar-refractivity contribution in [2.75, 3.05) is 6.54 Å². The predicted octanol–water partition coefficient (Wildman–Crippen LogP) is 3.13. The molecule has 0 amide bonds. The highest BCUT2D eigenvalue weighted by Gasteiger charge is 2.30. The zero-order valence-corrected chi connectivity index (χ0v) is 15.2. The lowest BCUT2D eigenvalue weighted by Crippen LogP contribution is -2.23. The average Bonchev–Trinajstić information content (AvgIpc) is 2.97. The van der Waals surface area contributed by atoms with E-state index in [9.17, 15) is 13.5 Å². The minimum atomic E-state index is -3.57. The molecule has 0 saturated heterocycles. The number of hydrogen-bond acceptors (Lipinski definition) is 4. The molecule has 0 bridgehead atoms. The van der Waals surface area contributed by atoms with Gasteiger partial charge in [0.1, 0.15) is 5.84 Å². The summed E-state index contributed by atoms with van der Waals surface area (Å²) in [5, 5.41) is 10.4. The van der Waals surface area contributed by atoms with Gasteiger partial charge in [-0.05, 0) is 28.8 Å². The largest absolute Gasteiger partial charge is 0.386 e. The van der Waals surface area contributed by atoms with Crippen LogP contribution in [0.4, 0.5) is 0 Å². The Bertz CT molecular complexity index is 1090. The van der Waals surface area contributed by atoms with E-state index in [4.69, 9.17) is 0 Å². The number of nitrogens with zero attached hydrogens (tertiary/aromatic N) is 1. The summed E-state index contributed by atoms with van der Waals surface area (Å²) in [4.78, 5) is 4.51. The van der Waals surface area contributed by atoms with Gasteiger partial charge in [0.15, 0.2) is 0 Å². The summed E-state index contributed by atoms with van der Waals surface area (Å²) in [5.41, 5.74) is 3.43. The van der Waals surface area contributed by atoms with Gasteiger partial charge in [-0.2, -0.15) is 0 Å². The molecule has 2 N–H and O–H groups in total.